The number of hydrogen-bond acceptors (Lipinski definition) is 4. The second-order valence-corrected chi connectivity index (χ2v) is 3.86. The molecular weight excluding hydrogens is 222 g/mol. The molecule has 90 valence electrons. The summed E-state index contributed by atoms with van der Waals surface area (Å²) in [7, 11) is 0. The van der Waals surface area contributed by atoms with Gasteiger partial charge in [0.1, 0.15) is 0 Å². The quantitative estimate of drug-likeness (QED) is 0.536. The molecule has 0 bridgehead atoms. The number of esters is 2. The predicted octanol–water partition coefficient (Wildman–Crippen LogP) is 1.45. The summed E-state index contributed by atoms with van der Waals surface area (Å²) in [4.78, 5) is 22.1. The molecule has 1 heterocycles. The third-order valence-electron chi connectivity index (χ3n) is 2.40. The Morgan fingerprint density at radius 1 is 1.56 bits per heavy atom. The molecule has 0 radical (unpaired) electrons. The van der Waals surface area contributed by atoms with Gasteiger partial charge in [-0.3, -0.25) is 0 Å². The van der Waals surface area contributed by atoms with Gasteiger partial charge in [0, 0.05) is 12.0 Å². The first-order valence-electron chi connectivity index (χ1n) is 4.64. The number of halogens is 2. The summed E-state index contributed by atoms with van der Waals surface area (Å²) < 4.78 is 35.8. The monoisotopic (exact) mass is 234 g/mol. The van der Waals surface area contributed by atoms with E-state index in [2.05, 4.69) is 16.1 Å². The maximum absolute atomic E-state index is 13.5. The molecule has 0 amide bonds. The van der Waals surface area contributed by atoms with Gasteiger partial charge in [0.15, 0.2) is 5.60 Å². The van der Waals surface area contributed by atoms with Gasteiger partial charge in [-0.2, -0.15) is 8.78 Å². The summed E-state index contributed by atoms with van der Waals surface area (Å²) in [5.74, 6) is -6.45. The van der Waals surface area contributed by atoms with E-state index in [0.29, 0.717) is 0 Å². The molecule has 4 nitrogen and oxygen atoms in total. The molecule has 0 aromatic carbocycles. The Hall–Kier alpha value is -1.46. The van der Waals surface area contributed by atoms with Crippen molar-refractivity contribution in [1.82, 2.24) is 0 Å². The second-order valence-electron chi connectivity index (χ2n) is 3.86. The molecule has 6 heteroatoms. The summed E-state index contributed by atoms with van der Waals surface area (Å²) in [5.41, 5.74) is -2.17. The van der Waals surface area contributed by atoms with Crippen LogP contribution in [0, 0.1) is 0 Å². The minimum atomic E-state index is -3.84. The van der Waals surface area contributed by atoms with Crippen LogP contribution < -0.4 is 0 Å². The van der Waals surface area contributed by atoms with Gasteiger partial charge in [0.25, 0.3) is 0 Å². The molecule has 1 aliphatic rings. The maximum atomic E-state index is 13.5. The normalized spacial score (nSPS) is 28.1. The van der Waals surface area contributed by atoms with Gasteiger partial charge in [0.05, 0.1) is 6.61 Å². The third-order valence-corrected chi connectivity index (χ3v) is 2.40. The Bertz CT molecular complexity index is 351. The molecule has 1 unspecified atom stereocenters. The molecule has 0 aliphatic carbocycles. The first-order valence-corrected chi connectivity index (χ1v) is 4.64. The fourth-order valence-electron chi connectivity index (χ4n) is 1.21. The SMILES string of the molecule is C=C(C)C(=O)OC1(C)CCOC(=O)C1(F)F. The van der Waals surface area contributed by atoms with Crippen molar-refractivity contribution in [3.8, 4) is 0 Å². The molecule has 0 N–H and O–H groups in total. The number of carbonyl (C=O) groups is 2. The van der Waals surface area contributed by atoms with Crippen LogP contribution in [0.5, 0.6) is 0 Å². The molecule has 0 spiro atoms. The fourth-order valence-corrected chi connectivity index (χ4v) is 1.21. The van der Waals surface area contributed by atoms with Gasteiger partial charge >= 0.3 is 17.9 Å². The Kier molecular flexibility index (Phi) is 3.03. The Labute approximate surface area is 91.2 Å². The first kappa shape index (κ1) is 12.6. The highest BCUT2D eigenvalue weighted by atomic mass is 19.3. The van der Waals surface area contributed by atoms with Crippen LogP contribution in [0.1, 0.15) is 20.3 Å². The predicted molar refractivity (Wildman–Crippen MR) is 49.8 cm³/mol. The average molecular weight is 234 g/mol. The summed E-state index contributed by atoms with van der Waals surface area (Å²) in [6.07, 6.45) is -0.245. The molecule has 0 aromatic rings. The van der Waals surface area contributed by atoms with Crippen LogP contribution in [0.15, 0.2) is 12.2 Å². The van der Waals surface area contributed by atoms with Crippen LogP contribution in [0.2, 0.25) is 0 Å². The highest BCUT2D eigenvalue weighted by Gasteiger charge is 2.62. The fraction of sp³-hybridized carbons (Fsp3) is 0.600. The van der Waals surface area contributed by atoms with Gasteiger partial charge in [-0.1, -0.05) is 6.58 Å². The van der Waals surface area contributed by atoms with Gasteiger partial charge in [-0.25, -0.2) is 9.59 Å². The second kappa shape index (κ2) is 3.84. The van der Waals surface area contributed by atoms with E-state index >= 15 is 0 Å². The first-order chi connectivity index (χ1) is 7.21. The Balaban J connectivity index is 2.94. The Morgan fingerprint density at radius 2 is 2.12 bits per heavy atom. The topological polar surface area (TPSA) is 52.6 Å². The molecule has 1 fully saturated rings. The standard InChI is InChI=1S/C10H12F2O4/c1-6(2)7(13)16-9(3)4-5-15-8(14)10(9,11)12/h1,4-5H2,2-3H3. The van der Waals surface area contributed by atoms with E-state index in [0.717, 1.165) is 6.92 Å². The summed E-state index contributed by atoms with van der Waals surface area (Å²) >= 11 is 0. The van der Waals surface area contributed by atoms with Crippen molar-refractivity contribution in [2.75, 3.05) is 6.61 Å². The van der Waals surface area contributed by atoms with Crippen LogP contribution in [-0.2, 0) is 19.1 Å². The van der Waals surface area contributed by atoms with E-state index in [-0.39, 0.29) is 18.6 Å². The van der Waals surface area contributed by atoms with Crippen molar-refractivity contribution < 1.29 is 27.8 Å². The molecule has 16 heavy (non-hydrogen) atoms. The lowest BCUT2D eigenvalue weighted by Crippen LogP contribution is -2.58. The lowest BCUT2D eigenvalue weighted by atomic mass is 9.92. The van der Waals surface area contributed by atoms with E-state index in [9.17, 15) is 18.4 Å². The van der Waals surface area contributed by atoms with Crippen LogP contribution in [0.4, 0.5) is 8.78 Å². The van der Waals surface area contributed by atoms with E-state index in [4.69, 9.17) is 0 Å². The van der Waals surface area contributed by atoms with Crippen molar-refractivity contribution >= 4 is 11.9 Å². The number of alkyl halides is 2. The van der Waals surface area contributed by atoms with Crippen LogP contribution in [-0.4, -0.2) is 30.1 Å². The zero-order valence-corrected chi connectivity index (χ0v) is 9.01. The van der Waals surface area contributed by atoms with E-state index in [1.54, 1.807) is 0 Å². The molecule has 1 rings (SSSR count). The van der Waals surface area contributed by atoms with Gasteiger partial charge in [0.2, 0.25) is 0 Å². The molecule has 1 atom stereocenters. The van der Waals surface area contributed by atoms with Crippen molar-refractivity contribution in [3.05, 3.63) is 12.2 Å². The average Bonchev–Trinajstić information content (AvgIpc) is 2.14. The number of carbonyl (C=O) groups excluding carboxylic acids is 2. The minimum absolute atomic E-state index is 0.00374. The van der Waals surface area contributed by atoms with Crippen molar-refractivity contribution in [2.24, 2.45) is 0 Å². The maximum Gasteiger partial charge on any atom is 0.381 e. The summed E-state index contributed by atoms with van der Waals surface area (Å²) in [6.45, 7) is 5.43. The van der Waals surface area contributed by atoms with Gasteiger partial charge < -0.3 is 9.47 Å². The lowest BCUT2D eigenvalue weighted by molar-refractivity contribution is -0.238. The van der Waals surface area contributed by atoms with E-state index < -0.39 is 23.5 Å². The molecule has 1 saturated heterocycles. The van der Waals surface area contributed by atoms with Crippen LogP contribution >= 0.6 is 0 Å². The molecular formula is C10H12F2O4. The van der Waals surface area contributed by atoms with Gasteiger partial charge in [-0.05, 0) is 13.8 Å². The Morgan fingerprint density at radius 3 is 2.62 bits per heavy atom. The van der Waals surface area contributed by atoms with Crippen LogP contribution in [0.3, 0.4) is 0 Å². The number of ether oxygens (including phenoxy) is 2. The zero-order chi connectivity index (χ0) is 12.6. The number of hydrogen-bond donors (Lipinski definition) is 0. The highest BCUT2D eigenvalue weighted by Crippen LogP contribution is 2.39. The van der Waals surface area contributed by atoms with Crippen molar-refractivity contribution in [3.63, 3.8) is 0 Å². The lowest BCUT2D eigenvalue weighted by Gasteiger charge is -2.38. The number of rotatable bonds is 2. The molecule has 1 aliphatic heterocycles. The number of cyclic esters (lactones) is 1. The van der Waals surface area contributed by atoms with Crippen molar-refractivity contribution in [1.29, 1.82) is 0 Å². The largest absolute Gasteiger partial charge is 0.461 e. The summed E-state index contributed by atoms with van der Waals surface area (Å²) in [6, 6.07) is 0. The third kappa shape index (κ3) is 1.91. The van der Waals surface area contributed by atoms with Gasteiger partial charge in [-0.15, -0.1) is 0 Å². The molecule has 0 saturated carbocycles. The zero-order valence-electron chi connectivity index (χ0n) is 9.01. The van der Waals surface area contributed by atoms with E-state index in [1.807, 2.05) is 0 Å². The smallest absolute Gasteiger partial charge is 0.381 e. The van der Waals surface area contributed by atoms with Crippen LogP contribution in [0.25, 0.3) is 0 Å². The molecule has 0 aromatic heterocycles. The minimum Gasteiger partial charge on any atom is -0.461 e. The van der Waals surface area contributed by atoms with Crippen molar-refractivity contribution in [2.45, 2.75) is 31.8 Å². The highest BCUT2D eigenvalue weighted by molar-refractivity contribution is 5.88. The summed E-state index contributed by atoms with van der Waals surface area (Å²) in [5, 5.41) is 0. The van der Waals surface area contributed by atoms with E-state index in [1.165, 1.54) is 6.92 Å².